The van der Waals surface area contributed by atoms with Crippen LogP contribution < -0.4 is 0 Å². The van der Waals surface area contributed by atoms with Crippen LogP contribution in [0.15, 0.2) is 0 Å². The Hall–Kier alpha value is -0.250. The van der Waals surface area contributed by atoms with Crippen molar-refractivity contribution in [2.75, 3.05) is 13.2 Å². The summed E-state index contributed by atoms with van der Waals surface area (Å²) in [6.07, 6.45) is 11.0. The van der Waals surface area contributed by atoms with Gasteiger partial charge in [-0.1, -0.05) is 91.4 Å². The second-order valence-electron chi connectivity index (χ2n) is 8.88. The summed E-state index contributed by atoms with van der Waals surface area (Å²) in [7, 11) is 0. The lowest BCUT2D eigenvalue weighted by molar-refractivity contribution is -0.135. The molecule has 0 bridgehead atoms. The van der Waals surface area contributed by atoms with Crippen LogP contribution in [0.3, 0.4) is 0 Å². The van der Waals surface area contributed by atoms with Crippen molar-refractivity contribution in [1.82, 2.24) is 0 Å². The van der Waals surface area contributed by atoms with Gasteiger partial charge in [0.05, 0.1) is 0 Å². The van der Waals surface area contributed by atoms with Crippen molar-refractivity contribution in [2.45, 2.75) is 123 Å². The smallest absolute Gasteiger partial charge is 0.381 e. The molecule has 0 aromatic rings. The Balaban J connectivity index is 3.07. The molecule has 0 aliphatic rings. The average molecular weight is 381 g/mol. The van der Waals surface area contributed by atoms with Gasteiger partial charge in [0.25, 0.3) is 0 Å². The molecule has 0 unspecified atom stereocenters. The zero-order valence-corrected chi connectivity index (χ0v) is 17.6. The third-order valence-electron chi connectivity index (χ3n) is 4.75. The Labute approximate surface area is 160 Å². The van der Waals surface area contributed by atoms with E-state index in [4.69, 9.17) is 4.74 Å². The topological polar surface area (TPSA) is 9.23 Å². The zero-order valence-electron chi connectivity index (χ0n) is 17.6. The van der Waals surface area contributed by atoms with Crippen molar-refractivity contribution in [3.05, 3.63) is 0 Å². The van der Waals surface area contributed by atoms with Crippen molar-refractivity contribution in [3.8, 4) is 0 Å². The van der Waals surface area contributed by atoms with Crippen LogP contribution in [0.2, 0.25) is 0 Å². The fraction of sp³-hybridized carbons (Fsp3) is 1.00. The normalized spacial score (nSPS) is 12.7. The number of ether oxygens (including phenoxy) is 1. The minimum atomic E-state index is -3.97. The molecule has 0 aromatic carbocycles. The number of hydrogen-bond acceptors (Lipinski definition) is 1. The molecule has 1 nitrogen and oxygen atoms in total. The molecule has 0 saturated carbocycles. The van der Waals surface area contributed by atoms with Crippen molar-refractivity contribution >= 4 is 0 Å². The third kappa shape index (κ3) is 23.8. The lowest BCUT2D eigenvalue weighted by Gasteiger charge is -2.17. The minimum absolute atomic E-state index is 0.297. The predicted molar refractivity (Wildman–Crippen MR) is 106 cm³/mol. The van der Waals surface area contributed by atoms with Crippen molar-refractivity contribution in [3.63, 3.8) is 0 Å². The van der Waals surface area contributed by atoms with Crippen LogP contribution in [-0.2, 0) is 4.74 Å². The van der Waals surface area contributed by atoms with Gasteiger partial charge in [-0.3, -0.25) is 0 Å². The molecule has 0 amide bonds. The highest BCUT2D eigenvalue weighted by Gasteiger charge is 2.25. The first-order chi connectivity index (χ1) is 12.2. The molecule has 158 valence electrons. The summed E-state index contributed by atoms with van der Waals surface area (Å²) in [5, 5.41) is 0. The van der Waals surface area contributed by atoms with Crippen LogP contribution in [0.1, 0.15) is 117 Å². The van der Waals surface area contributed by atoms with Crippen LogP contribution in [-0.4, -0.2) is 19.4 Å². The number of rotatable bonds is 17. The van der Waals surface area contributed by atoms with Gasteiger partial charge < -0.3 is 4.74 Å². The van der Waals surface area contributed by atoms with Crippen molar-refractivity contribution in [1.29, 1.82) is 0 Å². The second kappa shape index (κ2) is 15.8. The highest BCUT2D eigenvalue weighted by Crippen LogP contribution is 2.23. The van der Waals surface area contributed by atoms with Gasteiger partial charge in [-0.05, 0) is 24.7 Å². The molecule has 0 atom stereocenters. The molecule has 0 aliphatic carbocycles. The molecule has 0 saturated heterocycles. The molecule has 0 spiro atoms. The van der Waals surface area contributed by atoms with E-state index in [1.807, 2.05) is 0 Å². The highest BCUT2D eigenvalue weighted by atomic mass is 19.4. The SMILES string of the molecule is CC(C)(C)CCOCCCCCCCCCCCCCCCC(F)(F)F. The van der Waals surface area contributed by atoms with Gasteiger partial charge in [-0.15, -0.1) is 0 Å². The molecule has 26 heavy (non-hydrogen) atoms. The average Bonchev–Trinajstić information content (AvgIpc) is 2.51. The second-order valence-corrected chi connectivity index (χ2v) is 8.88. The fourth-order valence-corrected chi connectivity index (χ4v) is 2.95. The van der Waals surface area contributed by atoms with E-state index in [9.17, 15) is 13.2 Å². The number of alkyl halides is 3. The van der Waals surface area contributed by atoms with Gasteiger partial charge in [0.2, 0.25) is 0 Å². The molecular weight excluding hydrogens is 337 g/mol. The van der Waals surface area contributed by atoms with Gasteiger partial charge in [0, 0.05) is 19.6 Å². The van der Waals surface area contributed by atoms with Crippen LogP contribution in [0.4, 0.5) is 13.2 Å². The molecule has 0 fully saturated rings. The summed E-state index contributed by atoms with van der Waals surface area (Å²) in [4.78, 5) is 0. The molecule has 0 rings (SSSR count). The van der Waals surface area contributed by atoms with Crippen LogP contribution in [0.5, 0.6) is 0 Å². The third-order valence-corrected chi connectivity index (χ3v) is 4.75. The number of hydrogen-bond donors (Lipinski definition) is 0. The largest absolute Gasteiger partial charge is 0.389 e. The monoisotopic (exact) mass is 380 g/mol. The van der Waals surface area contributed by atoms with E-state index in [2.05, 4.69) is 20.8 Å². The maximum Gasteiger partial charge on any atom is 0.389 e. The molecule has 0 N–H and O–H groups in total. The van der Waals surface area contributed by atoms with Crippen molar-refractivity contribution in [2.24, 2.45) is 5.41 Å². The van der Waals surface area contributed by atoms with Crippen LogP contribution >= 0.6 is 0 Å². The predicted octanol–water partition coefficient (Wildman–Crippen LogP) is 8.46. The van der Waals surface area contributed by atoms with E-state index < -0.39 is 12.6 Å². The highest BCUT2D eigenvalue weighted by molar-refractivity contribution is 4.60. The van der Waals surface area contributed by atoms with Gasteiger partial charge in [-0.2, -0.15) is 13.2 Å². The van der Waals surface area contributed by atoms with E-state index in [1.54, 1.807) is 0 Å². The Morgan fingerprint density at radius 3 is 1.27 bits per heavy atom. The zero-order chi connectivity index (χ0) is 19.7. The Bertz CT molecular complexity index is 265. The summed E-state index contributed by atoms with van der Waals surface area (Å²) in [6, 6.07) is 0. The van der Waals surface area contributed by atoms with Gasteiger partial charge in [0.1, 0.15) is 0 Å². The molecule has 0 radical (unpaired) electrons. The standard InChI is InChI=1S/C22H43F3O/c1-21(2,3)18-20-26-19-16-14-12-10-8-6-4-5-7-9-11-13-15-17-22(23,24)25/h4-20H2,1-3H3. The molecule has 0 aromatic heterocycles. The first-order valence-corrected chi connectivity index (χ1v) is 10.9. The van der Waals surface area contributed by atoms with E-state index in [0.717, 1.165) is 38.9 Å². The Morgan fingerprint density at radius 2 is 0.885 bits per heavy atom. The Kier molecular flexibility index (Phi) is 15.6. The van der Waals surface area contributed by atoms with Gasteiger partial charge in [0.15, 0.2) is 0 Å². The summed E-state index contributed by atoms with van der Waals surface area (Å²) in [5.41, 5.74) is 0.368. The van der Waals surface area contributed by atoms with E-state index >= 15 is 0 Å². The fourth-order valence-electron chi connectivity index (χ4n) is 2.95. The van der Waals surface area contributed by atoms with Crippen LogP contribution in [0.25, 0.3) is 0 Å². The molecule has 0 heterocycles. The van der Waals surface area contributed by atoms with E-state index in [-0.39, 0.29) is 0 Å². The van der Waals surface area contributed by atoms with E-state index in [0.29, 0.717) is 11.8 Å². The van der Waals surface area contributed by atoms with Gasteiger partial charge >= 0.3 is 6.18 Å². The lowest BCUT2D eigenvalue weighted by Crippen LogP contribution is -2.09. The quantitative estimate of drug-likeness (QED) is 0.230. The lowest BCUT2D eigenvalue weighted by atomic mass is 9.93. The maximum atomic E-state index is 12.0. The minimum Gasteiger partial charge on any atom is -0.381 e. The maximum absolute atomic E-state index is 12.0. The molecule has 4 heteroatoms. The first-order valence-electron chi connectivity index (χ1n) is 10.9. The first kappa shape index (κ1) is 25.8. The van der Waals surface area contributed by atoms with E-state index in [1.165, 1.54) is 57.8 Å². The molecule has 0 aliphatic heterocycles. The summed E-state index contributed by atoms with van der Waals surface area (Å²) in [6.45, 7) is 8.52. The number of halogens is 3. The van der Waals surface area contributed by atoms with Crippen LogP contribution in [0, 0.1) is 5.41 Å². The Morgan fingerprint density at radius 1 is 0.500 bits per heavy atom. The van der Waals surface area contributed by atoms with Gasteiger partial charge in [-0.25, -0.2) is 0 Å². The number of unbranched alkanes of at least 4 members (excludes halogenated alkanes) is 12. The summed E-state index contributed by atoms with van der Waals surface area (Å²) < 4.78 is 41.6. The van der Waals surface area contributed by atoms with Crippen molar-refractivity contribution < 1.29 is 17.9 Å². The summed E-state index contributed by atoms with van der Waals surface area (Å²) >= 11 is 0. The molecular formula is C22H43F3O. The summed E-state index contributed by atoms with van der Waals surface area (Å²) in [5.74, 6) is 0.